The summed E-state index contributed by atoms with van der Waals surface area (Å²) < 4.78 is 25.8. The first-order valence-electron chi connectivity index (χ1n) is 8.40. The maximum atomic E-state index is 11.7. The van der Waals surface area contributed by atoms with Crippen molar-refractivity contribution < 1.29 is 8.42 Å². The van der Waals surface area contributed by atoms with Crippen LogP contribution in [0.2, 0.25) is 0 Å². The third-order valence-corrected chi connectivity index (χ3v) is 5.97. The van der Waals surface area contributed by atoms with Crippen molar-refractivity contribution in [2.45, 2.75) is 31.7 Å². The van der Waals surface area contributed by atoms with Gasteiger partial charge in [-0.2, -0.15) is 0 Å². The average molecular weight is 523 g/mol. The lowest BCUT2D eigenvalue weighted by atomic mass is 10.2. The fraction of sp³-hybridized carbons (Fsp3) is 0.412. The number of rotatable bonds is 8. The molecule has 10 heteroatoms. The van der Waals surface area contributed by atoms with Crippen molar-refractivity contribution in [3.63, 3.8) is 0 Å². The lowest BCUT2D eigenvalue weighted by Crippen LogP contribution is -2.38. The predicted octanol–water partition coefficient (Wildman–Crippen LogP) is 2.28. The topological polar surface area (TPSA) is 95.5 Å². The summed E-state index contributed by atoms with van der Waals surface area (Å²) in [5.74, 6) is 0.729. The molecule has 0 unspecified atom stereocenters. The molecule has 2 rings (SSSR count). The molecule has 0 radical (unpaired) electrons. The number of aryl methyl sites for hydroxylation is 1. The van der Waals surface area contributed by atoms with Gasteiger partial charge in [0.2, 0.25) is 10.0 Å². The van der Waals surface area contributed by atoms with Crippen molar-refractivity contribution in [3.05, 3.63) is 45.9 Å². The molecule has 1 aromatic carbocycles. The zero-order valence-corrected chi connectivity index (χ0v) is 19.6. The van der Waals surface area contributed by atoms with Crippen molar-refractivity contribution in [2.75, 3.05) is 20.1 Å². The molecule has 27 heavy (non-hydrogen) atoms. The molecule has 0 saturated heterocycles. The van der Waals surface area contributed by atoms with Crippen molar-refractivity contribution in [1.82, 2.24) is 20.3 Å². The van der Waals surface area contributed by atoms with Crippen molar-refractivity contribution in [1.29, 1.82) is 0 Å². The van der Waals surface area contributed by atoms with Crippen LogP contribution in [0.4, 0.5) is 0 Å². The zero-order valence-electron chi connectivity index (χ0n) is 15.7. The van der Waals surface area contributed by atoms with Gasteiger partial charge in [-0.25, -0.2) is 23.1 Å². The van der Waals surface area contributed by atoms with Crippen molar-refractivity contribution >= 4 is 51.3 Å². The molecule has 150 valence electrons. The number of aliphatic imine (C=N–C) groups is 1. The first-order chi connectivity index (χ1) is 12.4. The Morgan fingerprint density at radius 1 is 1.22 bits per heavy atom. The quantitative estimate of drug-likeness (QED) is 0.281. The van der Waals surface area contributed by atoms with E-state index in [1.807, 2.05) is 20.0 Å². The Labute approximate surface area is 182 Å². The molecule has 0 atom stereocenters. The maximum Gasteiger partial charge on any atom is 0.240 e. The number of thiazole rings is 1. The van der Waals surface area contributed by atoms with E-state index in [0.29, 0.717) is 6.54 Å². The average Bonchev–Trinajstić information content (AvgIpc) is 3.05. The fourth-order valence-corrected chi connectivity index (χ4v) is 3.73. The Kier molecular flexibility index (Phi) is 10.2. The summed E-state index contributed by atoms with van der Waals surface area (Å²) in [6, 6.07) is 6.72. The molecule has 0 aliphatic carbocycles. The number of halogens is 1. The number of hydrogen-bond acceptors (Lipinski definition) is 5. The molecule has 1 heterocycles. The number of guanidine groups is 1. The van der Waals surface area contributed by atoms with Crippen LogP contribution < -0.4 is 15.4 Å². The van der Waals surface area contributed by atoms with E-state index in [4.69, 9.17) is 0 Å². The minimum atomic E-state index is -3.41. The number of aromatic nitrogens is 1. The summed E-state index contributed by atoms with van der Waals surface area (Å²) in [6.45, 7) is 6.04. The van der Waals surface area contributed by atoms with E-state index in [1.165, 1.54) is 11.9 Å². The molecule has 0 aliphatic heterocycles. The fourth-order valence-electron chi connectivity index (χ4n) is 2.21. The maximum absolute atomic E-state index is 11.7. The van der Waals surface area contributed by atoms with Crippen LogP contribution in [-0.2, 0) is 23.0 Å². The van der Waals surface area contributed by atoms with Gasteiger partial charge in [0, 0.05) is 30.6 Å². The Hall–Kier alpha value is -1.24. The smallest absolute Gasteiger partial charge is 0.240 e. The van der Waals surface area contributed by atoms with E-state index < -0.39 is 10.0 Å². The van der Waals surface area contributed by atoms with Crippen LogP contribution >= 0.6 is 35.3 Å². The Balaban J connectivity index is 0.00000364. The Bertz CT molecular complexity index is 835. The molecule has 0 bridgehead atoms. The first-order valence-corrected chi connectivity index (χ1v) is 10.7. The van der Waals surface area contributed by atoms with Gasteiger partial charge in [-0.05, 0) is 38.6 Å². The highest BCUT2D eigenvalue weighted by atomic mass is 127. The lowest BCUT2D eigenvalue weighted by Gasteiger charge is -2.10. The zero-order chi connectivity index (χ0) is 19.0. The molecule has 1 aromatic heterocycles. The van der Waals surface area contributed by atoms with E-state index in [9.17, 15) is 8.42 Å². The summed E-state index contributed by atoms with van der Waals surface area (Å²) in [5, 5.41) is 7.60. The SMILES string of the molecule is CCNC(=NCc1ccc(S(=O)(=O)NC)cc1)NCCc1ncc(C)s1.I. The van der Waals surface area contributed by atoms with Gasteiger partial charge in [0.05, 0.1) is 16.4 Å². The van der Waals surface area contributed by atoms with E-state index in [-0.39, 0.29) is 28.9 Å². The van der Waals surface area contributed by atoms with Crippen LogP contribution in [0.3, 0.4) is 0 Å². The highest BCUT2D eigenvalue weighted by Crippen LogP contribution is 2.12. The van der Waals surface area contributed by atoms with E-state index >= 15 is 0 Å². The second-order valence-corrected chi connectivity index (χ2v) is 8.79. The molecular weight excluding hydrogens is 497 g/mol. The van der Waals surface area contributed by atoms with Gasteiger partial charge in [-0.3, -0.25) is 0 Å². The third-order valence-electron chi connectivity index (χ3n) is 3.57. The van der Waals surface area contributed by atoms with Crippen LogP contribution in [0.25, 0.3) is 0 Å². The van der Waals surface area contributed by atoms with Crippen LogP contribution in [0, 0.1) is 6.92 Å². The molecule has 3 N–H and O–H groups in total. The number of benzene rings is 1. The van der Waals surface area contributed by atoms with E-state index in [1.54, 1.807) is 35.6 Å². The monoisotopic (exact) mass is 523 g/mol. The Morgan fingerprint density at radius 2 is 1.93 bits per heavy atom. The third kappa shape index (κ3) is 7.72. The predicted molar refractivity (Wildman–Crippen MR) is 121 cm³/mol. The summed E-state index contributed by atoms with van der Waals surface area (Å²) in [4.78, 5) is 10.4. The van der Waals surface area contributed by atoms with Gasteiger partial charge >= 0.3 is 0 Å². The summed E-state index contributed by atoms with van der Waals surface area (Å²) in [5.41, 5.74) is 0.938. The normalized spacial score (nSPS) is 11.7. The summed E-state index contributed by atoms with van der Waals surface area (Å²) in [7, 11) is -2.01. The number of hydrogen-bond donors (Lipinski definition) is 3. The van der Waals surface area contributed by atoms with Crippen LogP contribution in [0.1, 0.15) is 22.4 Å². The molecule has 0 aliphatic rings. The summed E-state index contributed by atoms with van der Waals surface area (Å²) in [6.07, 6.45) is 2.73. The van der Waals surface area contributed by atoms with Crippen molar-refractivity contribution in [3.8, 4) is 0 Å². The molecule has 7 nitrogen and oxygen atoms in total. The molecule has 0 spiro atoms. The first kappa shape index (κ1) is 23.8. The molecule has 0 saturated carbocycles. The van der Waals surface area contributed by atoms with Gasteiger partial charge in [-0.15, -0.1) is 35.3 Å². The van der Waals surface area contributed by atoms with Crippen molar-refractivity contribution in [2.24, 2.45) is 4.99 Å². The highest BCUT2D eigenvalue weighted by Gasteiger charge is 2.10. The van der Waals surface area contributed by atoms with Crippen LogP contribution in [0.5, 0.6) is 0 Å². The molecule has 2 aromatic rings. The summed E-state index contributed by atoms with van der Waals surface area (Å²) >= 11 is 1.70. The van der Waals surface area contributed by atoms with E-state index in [2.05, 4.69) is 25.3 Å². The molecule has 0 amide bonds. The molecule has 0 fully saturated rings. The minimum absolute atomic E-state index is 0. The van der Waals surface area contributed by atoms with Gasteiger partial charge in [-0.1, -0.05) is 12.1 Å². The van der Waals surface area contributed by atoms with Crippen LogP contribution in [-0.4, -0.2) is 39.5 Å². The Morgan fingerprint density at radius 3 is 2.48 bits per heavy atom. The van der Waals surface area contributed by atoms with Gasteiger partial charge in [0.15, 0.2) is 5.96 Å². The highest BCUT2D eigenvalue weighted by molar-refractivity contribution is 14.0. The largest absolute Gasteiger partial charge is 0.357 e. The standard InChI is InChI=1S/C17H25N5O2S2.HI/c1-4-19-17(20-10-9-16-21-11-13(2)25-16)22-12-14-5-7-15(8-6-14)26(23,24)18-3;/h5-8,11,18H,4,9-10,12H2,1-3H3,(H2,19,20,22);1H. The van der Waals surface area contributed by atoms with Gasteiger partial charge < -0.3 is 10.6 Å². The second kappa shape index (κ2) is 11.6. The second-order valence-electron chi connectivity index (χ2n) is 5.59. The lowest BCUT2D eigenvalue weighted by molar-refractivity contribution is 0.588. The van der Waals surface area contributed by atoms with Crippen LogP contribution in [0.15, 0.2) is 40.4 Å². The minimum Gasteiger partial charge on any atom is -0.357 e. The molecular formula is C17H26IN5O2S2. The van der Waals surface area contributed by atoms with Gasteiger partial charge in [0.25, 0.3) is 0 Å². The van der Waals surface area contributed by atoms with E-state index in [0.717, 1.165) is 36.0 Å². The number of nitrogens with zero attached hydrogens (tertiary/aromatic N) is 2. The van der Waals surface area contributed by atoms with Gasteiger partial charge in [0.1, 0.15) is 0 Å². The number of sulfonamides is 1. The number of nitrogens with one attached hydrogen (secondary N) is 3.